The lowest BCUT2D eigenvalue weighted by Gasteiger charge is -2.32. The number of esters is 2. The van der Waals surface area contributed by atoms with Gasteiger partial charge in [0, 0.05) is 18.6 Å². The second-order valence-electron chi connectivity index (χ2n) is 11.3. The van der Waals surface area contributed by atoms with Gasteiger partial charge < -0.3 is 23.7 Å². The highest BCUT2D eigenvalue weighted by atomic mass is 16.7. The molecule has 1 fully saturated rings. The molecule has 0 radical (unpaired) electrons. The number of anilines is 1. The molecular weight excluding hydrogens is 483 g/mol. The average molecular weight is 524 g/mol. The first kappa shape index (κ1) is 29.6. The molecule has 0 aliphatic carbocycles. The number of carbonyl (C=O) groups is 2. The molecule has 1 aromatic heterocycles. The Hall–Kier alpha value is -2.91. The molecule has 0 atom stereocenters. The zero-order valence-electron chi connectivity index (χ0n) is 24.4. The van der Waals surface area contributed by atoms with E-state index >= 15 is 0 Å². The molecule has 8 nitrogen and oxygen atoms in total. The Balaban J connectivity index is 0.00000195. The van der Waals surface area contributed by atoms with E-state index < -0.39 is 29.9 Å². The first-order chi connectivity index (χ1) is 17.7. The van der Waals surface area contributed by atoms with E-state index in [1.54, 1.807) is 6.07 Å². The van der Waals surface area contributed by atoms with Crippen molar-refractivity contribution in [1.82, 2.24) is 4.98 Å². The number of rotatable bonds is 4. The minimum atomic E-state index is -0.757. The van der Waals surface area contributed by atoms with E-state index in [-0.39, 0.29) is 11.7 Å². The van der Waals surface area contributed by atoms with Gasteiger partial charge in [-0.2, -0.15) is 0 Å². The summed E-state index contributed by atoms with van der Waals surface area (Å²) in [6.07, 6.45) is 0.739. The fourth-order valence-corrected chi connectivity index (χ4v) is 4.36. The van der Waals surface area contributed by atoms with Crippen molar-refractivity contribution in [3.8, 4) is 0 Å². The first-order valence-corrected chi connectivity index (χ1v) is 13.3. The van der Waals surface area contributed by atoms with Crippen molar-refractivity contribution in [1.29, 1.82) is 0 Å². The molecule has 1 aromatic carbocycles. The zero-order chi connectivity index (χ0) is 28.5. The van der Waals surface area contributed by atoms with Gasteiger partial charge in [0.15, 0.2) is 5.69 Å². The van der Waals surface area contributed by atoms with Crippen LogP contribution in [0, 0.1) is 0 Å². The molecule has 0 unspecified atom stereocenters. The molecule has 3 heterocycles. The molecule has 0 saturated carbocycles. The van der Waals surface area contributed by atoms with E-state index in [1.165, 1.54) is 7.11 Å². The Morgan fingerprint density at radius 3 is 2.21 bits per heavy atom. The monoisotopic (exact) mass is 524 g/mol. The molecule has 2 aliphatic rings. The minimum absolute atomic E-state index is 0.160. The number of benzene rings is 1. The van der Waals surface area contributed by atoms with Gasteiger partial charge in [0.2, 0.25) is 0 Å². The molecule has 206 valence electrons. The number of aromatic nitrogens is 1. The largest absolute Gasteiger partial charge is 0.497 e. The molecule has 2 aliphatic heterocycles. The lowest BCUT2D eigenvalue weighted by molar-refractivity contribution is 0.00578. The summed E-state index contributed by atoms with van der Waals surface area (Å²) < 4.78 is 23.1. The molecule has 2 aromatic rings. The number of carbonyl (C=O) groups excluding carboxylic acids is 2. The molecule has 0 amide bonds. The van der Waals surface area contributed by atoms with Gasteiger partial charge in [0.25, 0.3) is 0 Å². The van der Waals surface area contributed by atoms with Crippen LogP contribution in [0.2, 0.25) is 0 Å². The molecule has 0 bridgehead atoms. The van der Waals surface area contributed by atoms with Crippen molar-refractivity contribution in [2.45, 2.75) is 92.1 Å². The molecule has 0 spiro atoms. The third-order valence-electron chi connectivity index (χ3n) is 7.01. The van der Waals surface area contributed by atoms with Crippen LogP contribution in [0.5, 0.6) is 0 Å². The number of hydrogen-bond acceptors (Lipinski definition) is 8. The highest BCUT2D eigenvalue weighted by Crippen LogP contribution is 2.37. The Bertz CT molecular complexity index is 1170. The summed E-state index contributed by atoms with van der Waals surface area (Å²) >= 11 is 0. The van der Waals surface area contributed by atoms with Crippen LogP contribution in [0.1, 0.15) is 94.3 Å². The zero-order valence-corrected chi connectivity index (χ0v) is 24.4. The van der Waals surface area contributed by atoms with E-state index in [0.717, 1.165) is 17.5 Å². The van der Waals surface area contributed by atoms with Gasteiger partial charge in [0.1, 0.15) is 11.4 Å². The van der Waals surface area contributed by atoms with Gasteiger partial charge in [-0.05, 0) is 78.1 Å². The Morgan fingerprint density at radius 1 is 1.00 bits per heavy atom. The summed E-state index contributed by atoms with van der Waals surface area (Å²) in [5.74, 6) is -0.296. The van der Waals surface area contributed by atoms with Crippen LogP contribution in [0.3, 0.4) is 0 Å². The molecule has 4 rings (SSSR count). The fourth-order valence-electron chi connectivity index (χ4n) is 4.36. The predicted molar refractivity (Wildman–Crippen MR) is 149 cm³/mol. The summed E-state index contributed by atoms with van der Waals surface area (Å²) in [6.45, 7) is 18.5. The summed E-state index contributed by atoms with van der Waals surface area (Å²) in [6, 6.07) is 9.36. The molecule has 0 N–H and O–H groups in total. The Kier molecular flexibility index (Phi) is 8.63. The van der Waals surface area contributed by atoms with Crippen LogP contribution in [0.15, 0.2) is 30.3 Å². The third-order valence-corrected chi connectivity index (χ3v) is 7.01. The predicted octanol–water partition coefficient (Wildman–Crippen LogP) is 4.71. The number of fused-ring (bicyclic) bond motifs is 1. The highest BCUT2D eigenvalue weighted by molar-refractivity contribution is 6.63. The summed E-state index contributed by atoms with van der Waals surface area (Å²) in [5.41, 5.74) is 1.42. The first-order valence-electron chi connectivity index (χ1n) is 13.3. The second-order valence-corrected chi connectivity index (χ2v) is 11.3. The van der Waals surface area contributed by atoms with Crippen molar-refractivity contribution in [3.05, 3.63) is 52.7 Å². The van der Waals surface area contributed by atoms with Gasteiger partial charge in [-0.3, -0.25) is 0 Å². The fraction of sp³-hybridized carbons (Fsp3) is 0.552. The maximum atomic E-state index is 13.3. The van der Waals surface area contributed by atoms with E-state index in [4.69, 9.17) is 23.8 Å². The van der Waals surface area contributed by atoms with Gasteiger partial charge in [-0.15, -0.1) is 0 Å². The van der Waals surface area contributed by atoms with Crippen molar-refractivity contribution >= 4 is 30.3 Å². The molecule has 1 saturated heterocycles. The minimum Gasteiger partial charge on any atom is -0.465 e. The summed E-state index contributed by atoms with van der Waals surface area (Å²) in [7, 11) is 0.623. The second kappa shape index (κ2) is 11.1. The SMILES string of the molecule is CC.COC(=O)c1cccc2c1CN(c1ccc(B3OC(C)(C)C(C)(C)O3)c(C(=O)OC(C)(C)C)n1)CC2. The molecular formula is C29H41BN2O6. The van der Waals surface area contributed by atoms with Crippen molar-refractivity contribution in [2.24, 2.45) is 0 Å². The molecule has 9 heteroatoms. The maximum absolute atomic E-state index is 13.3. The Morgan fingerprint density at radius 2 is 1.63 bits per heavy atom. The Labute approximate surface area is 227 Å². The smallest absolute Gasteiger partial charge is 0.465 e. The van der Waals surface area contributed by atoms with E-state index in [1.807, 2.05) is 86.6 Å². The third kappa shape index (κ3) is 6.05. The highest BCUT2D eigenvalue weighted by Gasteiger charge is 2.53. The topological polar surface area (TPSA) is 87.2 Å². The quantitative estimate of drug-likeness (QED) is 0.420. The normalized spacial score (nSPS) is 17.7. The van der Waals surface area contributed by atoms with Crippen LogP contribution >= 0.6 is 0 Å². The number of pyridine rings is 1. The van der Waals surface area contributed by atoms with E-state index in [2.05, 4.69) is 4.90 Å². The van der Waals surface area contributed by atoms with Crippen molar-refractivity contribution < 1.29 is 28.4 Å². The van der Waals surface area contributed by atoms with Crippen LogP contribution in [-0.2, 0) is 31.7 Å². The van der Waals surface area contributed by atoms with Crippen LogP contribution < -0.4 is 10.4 Å². The lowest BCUT2D eigenvalue weighted by atomic mass is 9.77. The number of hydrogen-bond donors (Lipinski definition) is 0. The number of methoxy groups -OCH3 is 1. The molecule has 38 heavy (non-hydrogen) atoms. The number of nitrogens with zero attached hydrogens (tertiary/aromatic N) is 2. The van der Waals surface area contributed by atoms with E-state index in [0.29, 0.717) is 29.9 Å². The van der Waals surface area contributed by atoms with Crippen molar-refractivity contribution in [3.63, 3.8) is 0 Å². The summed E-state index contributed by atoms with van der Waals surface area (Å²) in [5, 5.41) is 0. The number of ether oxygens (including phenoxy) is 2. The van der Waals surface area contributed by atoms with Gasteiger partial charge in [0.05, 0.1) is 23.9 Å². The van der Waals surface area contributed by atoms with Crippen molar-refractivity contribution in [2.75, 3.05) is 18.6 Å². The summed E-state index contributed by atoms with van der Waals surface area (Å²) in [4.78, 5) is 32.5. The maximum Gasteiger partial charge on any atom is 0.497 e. The lowest BCUT2D eigenvalue weighted by Crippen LogP contribution is -2.41. The standard InChI is InChI=1S/C27H35BN2O6.C2H6/c1-25(2,3)34-24(32)22-20(28-35-26(4,5)27(6,7)36-28)12-13-21(29-22)30-15-14-17-10-9-11-18(19(17)16-30)23(31)33-8;1-2/h9-13H,14-16H2,1-8H3;1-2H3. The van der Waals surface area contributed by atoms with Gasteiger partial charge in [-0.1, -0.05) is 32.0 Å². The van der Waals surface area contributed by atoms with Gasteiger partial charge >= 0.3 is 19.1 Å². The van der Waals surface area contributed by atoms with Crippen LogP contribution in [0.4, 0.5) is 5.82 Å². The van der Waals surface area contributed by atoms with Crippen LogP contribution in [-0.4, -0.2) is 54.5 Å². The van der Waals surface area contributed by atoms with E-state index in [9.17, 15) is 9.59 Å². The van der Waals surface area contributed by atoms with Gasteiger partial charge in [-0.25, -0.2) is 14.6 Å². The average Bonchev–Trinajstić information content (AvgIpc) is 3.09. The van der Waals surface area contributed by atoms with Crippen LogP contribution in [0.25, 0.3) is 0 Å².